The highest BCUT2D eigenvalue weighted by Gasteiger charge is 2.20. The molecule has 1 N–H and O–H groups in total. The molecule has 0 aliphatic carbocycles. The Morgan fingerprint density at radius 2 is 2.27 bits per heavy atom. The molecule has 124 valence electrons. The summed E-state index contributed by atoms with van der Waals surface area (Å²) in [5, 5.41) is 0. The quantitative estimate of drug-likeness (QED) is 0.801. The minimum atomic E-state index is -3.12. The highest BCUT2D eigenvalue weighted by Crippen LogP contribution is 2.12. The molecular formula is C15H25N3O3S. The zero-order valence-corrected chi connectivity index (χ0v) is 14.1. The van der Waals surface area contributed by atoms with Crippen molar-refractivity contribution >= 4 is 10.0 Å². The SMILES string of the molecule is CCc1ccc(CN2CCO[C@H](CCNS(C)(=O)=O)C2)nc1. The molecule has 0 radical (unpaired) electrons. The summed E-state index contributed by atoms with van der Waals surface area (Å²) in [7, 11) is -3.12. The average molecular weight is 327 g/mol. The number of pyridine rings is 1. The Kier molecular flexibility index (Phi) is 6.31. The first kappa shape index (κ1) is 17.3. The first-order valence-corrected chi connectivity index (χ1v) is 9.58. The van der Waals surface area contributed by atoms with Crippen LogP contribution in [0.25, 0.3) is 0 Å². The van der Waals surface area contributed by atoms with Gasteiger partial charge in [0.1, 0.15) is 0 Å². The third-order valence-corrected chi connectivity index (χ3v) is 4.46. The maximum absolute atomic E-state index is 11.1. The van der Waals surface area contributed by atoms with Crippen LogP contribution in [0.1, 0.15) is 24.6 Å². The van der Waals surface area contributed by atoms with E-state index in [-0.39, 0.29) is 6.10 Å². The fourth-order valence-electron chi connectivity index (χ4n) is 2.49. The van der Waals surface area contributed by atoms with Crippen molar-refractivity contribution in [1.82, 2.24) is 14.6 Å². The number of nitrogens with one attached hydrogen (secondary N) is 1. The molecule has 0 saturated carbocycles. The Labute approximate surface area is 132 Å². The lowest BCUT2D eigenvalue weighted by Gasteiger charge is -2.32. The lowest BCUT2D eigenvalue weighted by molar-refractivity contribution is -0.0342. The molecule has 1 aliphatic heterocycles. The van der Waals surface area contributed by atoms with Gasteiger partial charge in [0.2, 0.25) is 10.0 Å². The van der Waals surface area contributed by atoms with E-state index in [0.29, 0.717) is 19.6 Å². The van der Waals surface area contributed by atoms with Gasteiger partial charge in [0, 0.05) is 32.4 Å². The van der Waals surface area contributed by atoms with E-state index in [9.17, 15) is 8.42 Å². The number of nitrogens with zero attached hydrogens (tertiary/aromatic N) is 2. The van der Waals surface area contributed by atoms with Crippen molar-refractivity contribution in [2.75, 3.05) is 32.5 Å². The van der Waals surface area contributed by atoms with Crippen molar-refractivity contribution in [2.24, 2.45) is 0 Å². The van der Waals surface area contributed by atoms with Crippen LogP contribution >= 0.6 is 0 Å². The second-order valence-electron chi connectivity index (χ2n) is 5.69. The second-order valence-corrected chi connectivity index (χ2v) is 7.53. The van der Waals surface area contributed by atoms with Crippen LogP contribution in [0, 0.1) is 0 Å². The molecular weight excluding hydrogens is 302 g/mol. The van der Waals surface area contributed by atoms with E-state index in [1.54, 1.807) is 0 Å². The van der Waals surface area contributed by atoms with Crippen LogP contribution in [0.5, 0.6) is 0 Å². The molecule has 1 fully saturated rings. The number of ether oxygens (including phenoxy) is 1. The largest absolute Gasteiger partial charge is 0.376 e. The van der Waals surface area contributed by atoms with Crippen LogP contribution in [-0.4, -0.2) is 56.9 Å². The van der Waals surface area contributed by atoms with E-state index in [0.717, 1.165) is 31.7 Å². The molecule has 22 heavy (non-hydrogen) atoms. The average Bonchev–Trinajstić information content (AvgIpc) is 2.47. The number of aryl methyl sites for hydroxylation is 1. The minimum absolute atomic E-state index is 0.0675. The fourth-order valence-corrected chi connectivity index (χ4v) is 2.98. The summed E-state index contributed by atoms with van der Waals surface area (Å²) >= 11 is 0. The van der Waals surface area contributed by atoms with Crippen molar-refractivity contribution in [2.45, 2.75) is 32.4 Å². The van der Waals surface area contributed by atoms with E-state index in [4.69, 9.17) is 4.74 Å². The molecule has 0 bridgehead atoms. The van der Waals surface area contributed by atoms with Crippen molar-refractivity contribution in [1.29, 1.82) is 0 Å². The molecule has 1 atom stereocenters. The van der Waals surface area contributed by atoms with Crippen LogP contribution in [0.2, 0.25) is 0 Å². The van der Waals surface area contributed by atoms with Gasteiger partial charge in [-0.15, -0.1) is 0 Å². The predicted octanol–water partition coefficient (Wildman–Crippen LogP) is 0.784. The summed E-state index contributed by atoms with van der Waals surface area (Å²) in [6.45, 7) is 5.71. The Hall–Kier alpha value is -1.02. The monoisotopic (exact) mass is 327 g/mol. The van der Waals surface area contributed by atoms with Crippen LogP contribution < -0.4 is 4.72 Å². The minimum Gasteiger partial charge on any atom is -0.376 e. The highest BCUT2D eigenvalue weighted by molar-refractivity contribution is 7.88. The van der Waals surface area contributed by atoms with Crippen molar-refractivity contribution < 1.29 is 13.2 Å². The number of hydrogen-bond donors (Lipinski definition) is 1. The maximum Gasteiger partial charge on any atom is 0.208 e. The second kappa shape index (κ2) is 8.01. The van der Waals surface area contributed by atoms with Gasteiger partial charge in [-0.25, -0.2) is 13.1 Å². The molecule has 0 spiro atoms. The van der Waals surface area contributed by atoms with Crippen LogP contribution in [-0.2, 0) is 27.7 Å². The third-order valence-electron chi connectivity index (χ3n) is 3.73. The fraction of sp³-hybridized carbons (Fsp3) is 0.667. The smallest absolute Gasteiger partial charge is 0.208 e. The topological polar surface area (TPSA) is 71.5 Å². The highest BCUT2D eigenvalue weighted by atomic mass is 32.2. The summed E-state index contributed by atoms with van der Waals surface area (Å²) in [5.41, 5.74) is 2.31. The number of hydrogen-bond acceptors (Lipinski definition) is 5. The molecule has 2 rings (SSSR count). The van der Waals surface area contributed by atoms with Gasteiger partial charge in [0.05, 0.1) is 24.7 Å². The molecule has 0 unspecified atom stereocenters. The number of morpholine rings is 1. The summed E-state index contributed by atoms with van der Waals surface area (Å²) < 4.78 is 30.3. The molecule has 0 amide bonds. The van der Waals surface area contributed by atoms with Gasteiger partial charge in [0.15, 0.2) is 0 Å². The van der Waals surface area contributed by atoms with Gasteiger partial charge in [-0.05, 0) is 24.5 Å². The molecule has 1 aromatic heterocycles. The van der Waals surface area contributed by atoms with Crippen molar-refractivity contribution in [3.8, 4) is 0 Å². The van der Waals surface area contributed by atoms with E-state index in [1.165, 1.54) is 11.8 Å². The van der Waals surface area contributed by atoms with Gasteiger partial charge >= 0.3 is 0 Å². The first-order valence-electron chi connectivity index (χ1n) is 7.68. The van der Waals surface area contributed by atoms with E-state index >= 15 is 0 Å². The van der Waals surface area contributed by atoms with Crippen LogP contribution in [0.4, 0.5) is 0 Å². The Balaban J connectivity index is 1.79. The zero-order valence-electron chi connectivity index (χ0n) is 13.3. The molecule has 1 saturated heterocycles. The Bertz CT molecular complexity index is 560. The molecule has 1 aromatic rings. The van der Waals surface area contributed by atoms with Crippen LogP contribution in [0.15, 0.2) is 18.3 Å². The predicted molar refractivity (Wildman–Crippen MR) is 86.1 cm³/mol. The standard InChI is InChI=1S/C15H25N3O3S/c1-3-13-4-5-14(16-10-13)11-18-8-9-21-15(12-18)6-7-17-22(2,19)20/h4-5,10,15,17H,3,6-9,11-12H2,1-2H3/t15-/m1/s1. The van der Waals surface area contributed by atoms with Crippen molar-refractivity contribution in [3.05, 3.63) is 29.6 Å². The number of rotatable bonds is 7. The third kappa shape index (κ3) is 6.00. The Morgan fingerprint density at radius 3 is 2.91 bits per heavy atom. The molecule has 6 nitrogen and oxygen atoms in total. The van der Waals surface area contributed by atoms with E-state index in [2.05, 4.69) is 33.7 Å². The van der Waals surface area contributed by atoms with Gasteiger partial charge < -0.3 is 4.74 Å². The van der Waals surface area contributed by atoms with Gasteiger partial charge in [0.25, 0.3) is 0 Å². The molecule has 2 heterocycles. The summed E-state index contributed by atoms with van der Waals surface area (Å²) in [5.74, 6) is 0. The zero-order chi connectivity index (χ0) is 16.0. The normalized spacial score (nSPS) is 20.2. The number of sulfonamides is 1. The van der Waals surface area contributed by atoms with E-state index in [1.807, 2.05) is 6.20 Å². The summed E-state index contributed by atoms with van der Waals surface area (Å²) in [4.78, 5) is 6.80. The summed E-state index contributed by atoms with van der Waals surface area (Å²) in [6.07, 6.45) is 4.86. The number of aromatic nitrogens is 1. The van der Waals surface area contributed by atoms with Crippen LogP contribution in [0.3, 0.4) is 0 Å². The first-order chi connectivity index (χ1) is 10.5. The molecule has 7 heteroatoms. The lowest BCUT2D eigenvalue weighted by Crippen LogP contribution is -2.43. The van der Waals surface area contributed by atoms with E-state index < -0.39 is 10.0 Å². The van der Waals surface area contributed by atoms with Gasteiger partial charge in [-0.3, -0.25) is 9.88 Å². The molecule has 1 aliphatic rings. The lowest BCUT2D eigenvalue weighted by atomic mass is 10.2. The van der Waals surface area contributed by atoms with Gasteiger partial charge in [-0.1, -0.05) is 13.0 Å². The molecule has 0 aromatic carbocycles. The summed E-state index contributed by atoms with van der Waals surface area (Å²) in [6, 6.07) is 4.20. The van der Waals surface area contributed by atoms with Gasteiger partial charge in [-0.2, -0.15) is 0 Å². The van der Waals surface area contributed by atoms with Crippen molar-refractivity contribution in [3.63, 3.8) is 0 Å². The maximum atomic E-state index is 11.1. The Morgan fingerprint density at radius 1 is 1.45 bits per heavy atom.